The molecule has 3 N–H and O–H groups in total. The number of piperidine rings is 1. The van der Waals surface area contributed by atoms with Crippen LogP contribution in [0.3, 0.4) is 0 Å². The minimum absolute atomic E-state index is 0.607. The molecular weight excluding hydrogens is 258 g/mol. The van der Waals surface area contributed by atoms with Gasteiger partial charge in [-0.05, 0) is 56.3 Å². The van der Waals surface area contributed by atoms with Crippen LogP contribution in [0.4, 0.5) is 0 Å². The van der Waals surface area contributed by atoms with E-state index < -0.39 is 0 Å². The molecule has 0 aliphatic carbocycles. The third-order valence-electron chi connectivity index (χ3n) is 4.12. The van der Waals surface area contributed by atoms with Crippen LogP contribution in [0.25, 0.3) is 5.57 Å². The molecule has 1 aromatic carbocycles. The number of benzene rings is 1. The Morgan fingerprint density at radius 1 is 1.43 bits per heavy atom. The molecule has 3 nitrogen and oxygen atoms in total. The Kier molecular flexibility index (Phi) is 6.00. The van der Waals surface area contributed by atoms with Crippen molar-refractivity contribution in [2.75, 3.05) is 13.1 Å². The van der Waals surface area contributed by atoms with Gasteiger partial charge in [0, 0.05) is 30.6 Å². The van der Waals surface area contributed by atoms with Crippen LogP contribution in [-0.4, -0.2) is 25.3 Å². The summed E-state index contributed by atoms with van der Waals surface area (Å²) in [4.78, 5) is 0. The van der Waals surface area contributed by atoms with Crippen molar-refractivity contribution in [2.45, 2.75) is 45.6 Å². The summed E-state index contributed by atoms with van der Waals surface area (Å²) in [5.41, 5.74) is 4.70. The van der Waals surface area contributed by atoms with Crippen LogP contribution in [0.1, 0.15) is 42.9 Å². The molecular formula is C18H27N3. The van der Waals surface area contributed by atoms with Crippen LogP contribution in [-0.2, 0) is 6.42 Å². The Morgan fingerprint density at radius 3 is 2.95 bits per heavy atom. The van der Waals surface area contributed by atoms with Crippen molar-refractivity contribution in [1.29, 1.82) is 5.41 Å². The molecule has 1 fully saturated rings. The zero-order valence-electron chi connectivity index (χ0n) is 13.2. The number of allylic oxidation sites excluding steroid dienone is 1. The van der Waals surface area contributed by atoms with Gasteiger partial charge in [0.2, 0.25) is 0 Å². The summed E-state index contributed by atoms with van der Waals surface area (Å²) in [6, 6.07) is 7.26. The highest BCUT2D eigenvalue weighted by molar-refractivity contribution is 6.08. The van der Waals surface area contributed by atoms with Crippen molar-refractivity contribution >= 4 is 11.8 Å². The molecule has 114 valence electrons. The summed E-state index contributed by atoms with van der Waals surface area (Å²) >= 11 is 0. The first-order chi connectivity index (χ1) is 10.2. The van der Waals surface area contributed by atoms with Crippen molar-refractivity contribution in [1.82, 2.24) is 10.6 Å². The molecule has 21 heavy (non-hydrogen) atoms. The molecule has 0 aromatic heterocycles. The van der Waals surface area contributed by atoms with Gasteiger partial charge < -0.3 is 16.0 Å². The lowest BCUT2D eigenvalue weighted by Gasteiger charge is -2.23. The number of aryl methyl sites for hydroxylation is 1. The fourth-order valence-electron chi connectivity index (χ4n) is 2.90. The van der Waals surface area contributed by atoms with Gasteiger partial charge in [-0.3, -0.25) is 0 Å². The van der Waals surface area contributed by atoms with Crippen molar-refractivity contribution in [2.24, 2.45) is 0 Å². The maximum atomic E-state index is 7.65. The summed E-state index contributed by atoms with van der Waals surface area (Å²) in [6.45, 7) is 6.20. The van der Waals surface area contributed by atoms with E-state index in [-0.39, 0.29) is 0 Å². The zero-order valence-corrected chi connectivity index (χ0v) is 13.2. The standard InChI is InChI=1S/C18H27N3/c1-3-20-13-16(12-19)18-11-15(8-7-14(18)2)10-17-6-4-5-9-21-17/h7-8,11-13,17,19-21H,3-6,9-10H2,1-2H3/b16-13+,19-12?/t17-/m0/s1. The molecule has 1 aliphatic rings. The molecule has 0 spiro atoms. The van der Waals surface area contributed by atoms with Gasteiger partial charge in [0.1, 0.15) is 0 Å². The predicted octanol–water partition coefficient (Wildman–Crippen LogP) is 3.28. The van der Waals surface area contributed by atoms with Crippen molar-refractivity contribution < 1.29 is 0 Å². The lowest BCUT2D eigenvalue weighted by Crippen LogP contribution is -2.35. The van der Waals surface area contributed by atoms with Crippen LogP contribution >= 0.6 is 0 Å². The highest BCUT2D eigenvalue weighted by atomic mass is 14.9. The SMILES string of the molecule is CCN/C=C(\C=N)c1cc(C[C@@H]2CCCCN2)ccc1C. The second kappa shape index (κ2) is 7.99. The second-order valence-electron chi connectivity index (χ2n) is 5.80. The lowest BCUT2D eigenvalue weighted by atomic mass is 9.93. The summed E-state index contributed by atoms with van der Waals surface area (Å²) in [6.07, 6.45) is 8.38. The largest absolute Gasteiger partial charge is 0.391 e. The summed E-state index contributed by atoms with van der Waals surface area (Å²) in [5.74, 6) is 0. The molecule has 0 amide bonds. The number of nitrogens with one attached hydrogen (secondary N) is 3. The highest BCUT2D eigenvalue weighted by Crippen LogP contribution is 2.21. The van der Waals surface area contributed by atoms with Gasteiger partial charge in [0.05, 0.1) is 0 Å². The minimum atomic E-state index is 0.607. The first kappa shape index (κ1) is 15.8. The second-order valence-corrected chi connectivity index (χ2v) is 5.80. The maximum absolute atomic E-state index is 7.65. The van der Waals surface area contributed by atoms with Crippen molar-refractivity contribution in [3.63, 3.8) is 0 Å². The molecule has 1 saturated heterocycles. The number of hydrogen-bond acceptors (Lipinski definition) is 3. The molecule has 0 radical (unpaired) electrons. The first-order valence-corrected chi connectivity index (χ1v) is 8.02. The minimum Gasteiger partial charge on any atom is -0.391 e. The van der Waals surface area contributed by atoms with Crippen LogP contribution in [0.5, 0.6) is 0 Å². The van der Waals surface area contributed by atoms with E-state index in [4.69, 9.17) is 5.41 Å². The monoisotopic (exact) mass is 285 g/mol. The van der Waals surface area contributed by atoms with Gasteiger partial charge in [0.15, 0.2) is 0 Å². The number of rotatable bonds is 6. The van der Waals surface area contributed by atoms with Gasteiger partial charge in [-0.15, -0.1) is 0 Å². The first-order valence-electron chi connectivity index (χ1n) is 8.02. The predicted molar refractivity (Wildman–Crippen MR) is 91.0 cm³/mol. The molecule has 1 aromatic rings. The van der Waals surface area contributed by atoms with E-state index in [1.54, 1.807) is 0 Å². The molecule has 2 rings (SSSR count). The third-order valence-corrected chi connectivity index (χ3v) is 4.12. The van der Waals surface area contributed by atoms with Gasteiger partial charge in [0.25, 0.3) is 0 Å². The average molecular weight is 285 g/mol. The lowest BCUT2D eigenvalue weighted by molar-refractivity contribution is 0.399. The third kappa shape index (κ3) is 4.43. The average Bonchev–Trinajstić information content (AvgIpc) is 2.52. The van der Waals surface area contributed by atoms with E-state index in [0.717, 1.165) is 25.1 Å². The van der Waals surface area contributed by atoms with Crippen LogP contribution in [0, 0.1) is 12.3 Å². The fraction of sp³-hybridized carbons (Fsp3) is 0.500. The van der Waals surface area contributed by atoms with E-state index in [9.17, 15) is 0 Å². The molecule has 0 bridgehead atoms. The normalized spacial score (nSPS) is 19.3. The van der Waals surface area contributed by atoms with E-state index in [1.807, 2.05) is 6.20 Å². The Bertz CT molecular complexity index is 499. The summed E-state index contributed by atoms with van der Waals surface area (Å²) < 4.78 is 0. The zero-order chi connectivity index (χ0) is 15.1. The fourth-order valence-corrected chi connectivity index (χ4v) is 2.90. The molecule has 0 unspecified atom stereocenters. The van der Waals surface area contributed by atoms with E-state index >= 15 is 0 Å². The maximum Gasteiger partial charge on any atom is 0.0270 e. The van der Waals surface area contributed by atoms with Gasteiger partial charge in [-0.1, -0.05) is 24.6 Å². The molecule has 1 heterocycles. The highest BCUT2D eigenvalue weighted by Gasteiger charge is 2.14. The van der Waals surface area contributed by atoms with Gasteiger partial charge in [-0.25, -0.2) is 0 Å². The van der Waals surface area contributed by atoms with Crippen LogP contribution in [0.15, 0.2) is 24.4 Å². The van der Waals surface area contributed by atoms with Crippen LogP contribution in [0.2, 0.25) is 0 Å². The smallest absolute Gasteiger partial charge is 0.0270 e. The summed E-state index contributed by atoms with van der Waals surface area (Å²) in [5, 5.41) is 14.5. The quantitative estimate of drug-likeness (QED) is 0.703. The van der Waals surface area contributed by atoms with Crippen LogP contribution < -0.4 is 10.6 Å². The Labute approximate surface area is 128 Å². The van der Waals surface area contributed by atoms with Gasteiger partial charge in [-0.2, -0.15) is 0 Å². The topological polar surface area (TPSA) is 47.9 Å². The molecule has 0 saturated carbocycles. The molecule has 3 heteroatoms. The van der Waals surface area contributed by atoms with Crippen molar-refractivity contribution in [3.8, 4) is 0 Å². The molecule has 1 aliphatic heterocycles. The number of hydrogen-bond donors (Lipinski definition) is 3. The van der Waals surface area contributed by atoms with Gasteiger partial charge >= 0.3 is 0 Å². The van der Waals surface area contributed by atoms with E-state index in [2.05, 4.69) is 42.7 Å². The Balaban J connectivity index is 2.17. The Hall–Kier alpha value is -1.61. The van der Waals surface area contributed by atoms with E-state index in [0.29, 0.717) is 6.04 Å². The Morgan fingerprint density at radius 2 is 2.29 bits per heavy atom. The molecule has 1 atom stereocenters. The van der Waals surface area contributed by atoms with Crippen molar-refractivity contribution in [3.05, 3.63) is 41.1 Å². The summed E-state index contributed by atoms with van der Waals surface area (Å²) in [7, 11) is 0. The van der Waals surface area contributed by atoms with E-state index in [1.165, 1.54) is 42.2 Å².